The second-order valence-electron chi connectivity index (χ2n) is 4.57. The molecule has 1 N–H and O–H groups in total. The lowest BCUT2D eigenvalue weighted by Gasteiger charge is -2.11. The molecule has 0 saturated heterocycles. The fourth-order valence-electron chi connectivity index (χ4n) is 1.90. The van der Waals surface area contributed by atoms with Gasteiger partial charge < -0.3 is 5.32 Å². The number of pyridine rings is 1. The van der Waals surface area contributed by atoms with Crippen LogP contribution in [0.5, 0.6) is 0 Å². The standard InChI is InChI=1S/C15H13F3N2O/c1-10-2-3-11(9-20-14(21)15(16,17)18)8-13(10)12-4-6-19-7-5-12/h2-8H,9H2,1H3,(H,20,21). The predicted molar refractivity (Wildman–Crippen MR) is 72.3 cm³/mol. The third-order valence-corrected chi connectivity index (χ3v) is 3.00. The van der Waals surface area contributed by atoms with E-state index in [1.165, 1.54) is 0 Å². The van der Waals surface area contributed by atoms with Crippen LogP contribution in [0.3, 0.4) is 0 Å². The van der Waals surface area contributed by atoms with E-state index in [0.29, 0.717) is 5.56 Å². The maximum absolute atomic E-state index is 12.1. The highest BCUT2D eigenvalue weighted by molar-refractivity contribution is 5.81. The number of rotatable bonds is 3. The Hall–Kier alpha value is -2.37. The molecule has 0 fully saturated rings. The van der Waals surface area contributed by atoms with Crippen molar-refractivity contribution in [3.63, 3.8) is 0 Å². The number of amides is 1. The summed E-state index contributed by atoms with van der Waals surface area (Å²) < 4.78 is 36.4. The van der Waals surface area contributed by atoms with Crippen molar-refractivity contribution in [3.05, 3.63) is 53.9 Å². The van der Waals surface area contributed by atoms with Crippen molar-refractivity contribution in [2.75, 3.05) is 0 Å². The number of halogens is 3. The molecule has 2 rings (SSSR count). The highest BCUT2D eigenvalue weighted by Crippen LogP contribution is 2.24. The van der Waals surface area contributed by atoms with E-state index in [2.05, 4.69) is 4.98 Å². The number of benzene rings is 1. The van der Waals surface area contributed by atoms with Crippen LogP contribution in [-0.2, 0) is 11.3 Å². The van der Waals surface area contributed by atoms with Crippen LogP contribution >= 0.6 is 0 Å². The highest BCUT2D eigenvalue weighted by atomic mass is 19.4. The van der Waals surface area contributed by atoms with Gasteiger partial charge in [0.1, 0.15) is 0 Å². The molecule has 0 atom stereocenters. The minimum atomic E-state index is -4.86. The number of nitrogens with one attached hydrogen (secondary N) is 1. The van der Waals surface area contributed by atoms with Gasteiger partial charge in [0.2, 0.25) is 0 Å². The van der Waals surface area contributed by atoms with Gasteiger partial charge in [-0.2, -0.15) is 13.2 Å². The molecule has 2 aromatic rings. The van der Waals surface area contributed by atoms with E-state index in [1.54, 1.807) is 24.5 Å². The molecule has 0 aliphatic heterocycles. The minimum absolute atomic E-state index is 0.170. The van der Waals surface area contributed by atoms with E-state index in [9.17, 15) is 18.0 Å². The first kappa shape index (κ1) is 15.0. The Morgan fingerprint density at radius 2 is 1.86 bits per heavy atom. The summed E-state index contributed by atoms with van der Waals surface area (Å²) in [5.74, 6) is -1.94. The lowest BCUT2D eigenvalue weighted by molar-refractivity contribution is -0.173. The van der Waals surface area contributed by atoms with Crippen molar-refractivity contribution in [3.8, 4) is 11.1 Å². The Bertz CT molecular complexity index is 639. The molecular formula is C15H13F3N2O. The number of aromatic nitrogens is 1. The van der Waals surface area contributed by atoms with Crippen LogP contribution in [0, 0.1) is 6.92 Å². The number of hydrogen-bond donors (Lipinski definition) is 1. The zero-order chi connectivity index (χ0) is 15.5. The molecule has 1 aromatic carbocycles. The molecule has 0 radical (unpaired) electrons. The normalized spacial score (nSPS) is 11.2. The van der Waals surface area contributed by atoms with E-state index < -0.39 is 12.1 Å². The molecule has 3 nitrogen and oxygen atoms in total. The Morgan fingerprint density at radius 3 is 2.48 bits per heavy atom. The van der Waals surface area contributed by atoms with Crippen LogP contribution in [0.25, 0.3) is 11.1 Å². The molecule has 0 aliphatic carbocycles. The quantitative estimate of drug-likeness (QED) is 0.944. The third-order valence-electron chi connectivity index (χ3n) is 3.00. The van der Waals surface area contributed by atoms with E-state index in [-0.39, 0.29) is 6.54 Å². The van der Waals surface area contributed by atoms with Crippen LogP contribution in [0.4, 0.5) is 13.2 Å². The van der Waals surface area contributed by atoms with Crippen LogP contribution in [-0.4, -0.2) is 17.1 Å². The molecule has 110 valence electrons. The fraction of sp³-hybridized carbons (Fsp3) is 0.200. The summed E-state index contributed by atoms with van der Waals surface area (Å²) in [6, 6.07) is 8.91. The molecule has 0 bridgehead atoms. The molecule has 6 heteroatoms. The zero-order valence-corrected chi connectivity index (χ0v) is 11.2. The van der Waals surface area contributed by atoms with Gasteiger partial charge in [-0.05, 0) is 47.4 Å². The topological polar surface area (TPSA) is 42.0 Å². The lowest BCUT2D eigenvalue weighted by Crippen LogP contribution is -2.36. The van der Waals surface area contributed by atoms with Crippen molar-refractivity contribution >= 4 is 5.91 Å². The minimum Gasteiger partial charge on any atom is -0.344 e. The first-order valence-corrected chi connectivity index (χ1v) is 6.23. The number of nitrogens with zero attached hydrogens (tertiary/aromatic N) is 1. The van der Waals surface area contributed by atoms with Crippen molar-refractivity contribution in [2.24, 2.45) is 0 Å². The maximum Gasteiger partial charge on any atom is 0.471 e. The van der Waals surface area contributed by atoms with Gasteiger partial charge in [0.15, 0.2) is 0 Å². The van der Waals surface area contributed by atoms with Gasteiger partial charge in [0.05, 0.1) is 0 Å². The van der Waals surface area contributed by atoms with Gasteiger partial charge in [0, 0.05) is 18.9 Å². The van der Waals surface area contributed by atoms with Gasteiger partial charge in [-0.25, -0.2) is 0 Å². The zero-order valence-electron chi connectivity index (χ0n) is 11.2. The molecule has 1 aromatic heterocycles. The van der Waals surface area contributed by atoms with Gasteiger partial charge in [-0.15, -0.1) is 0 Å². The summed E-state index contributed by atoms with van der Waals surface area (Å²) in [6.07, 6.45) is -1.57. The van der Waals surface area contributed by atoms with Gasteiger partial charge in [-0.1, -0.05) is 12.1 Å². The van der Waals surface area contributed by atoms with Crippen LogP contribution in [0.15, 0.2) is 42.7 Å². The molecule has 0 saturated carbocycles. The van der Waals surface area contributed by atoms with Crippen molar-refractivity contribution in [1.29, 1.82) is 0 Å². The van der Waals surface area contributed by atoms with Gasteiger partial charge in [-0.3, -0.25) is 9.78 Å². The van der Waals surface area contributed by atoms with E-state index in [1.807, 2.05) is 30.4 Å². The number of aryl methyl sites for hydroxylation is 1. The van der Waals surface area contributed by atoms with E-state index in [4.69, 9.17) is 0 Å². The second-order valence-corrected chi connectivity index (χ2v) is 4.57. The lowest BCUT2D eigenvalue weighted by atomic mass is 9.99. The molecule has 0 unspecified atom stereocenters. The summed E-state index contributed by atoms with van der Waals surface area (Å²) in [4.78, 5) is 14.7. The van der Waals surface area contributed by atoms with Gasteiger partial charge >= 0.3 is 12.1 Å². The fourth-order valence-corrected chi connectivity index (χ4v) is 1.90. The van der Waals surface area contributed by atoms with Crippen LogP contribution < -0.4 is 5.32 Å². The molecule has 1 amide bonds. The molecule has 1 heterocycles. The summed E-state index contributed by atoms with van der Waals surface area (Å²) in [5, 5.41) is 1.86. The summed E-state index contributed by atoms with van der Waals surface area (Å²) >= 11 is 0. The second kappa shape index (κ2) is 5.95. The monoisotopic (exact) mass is 294 g/mol. The van der Waals surface area contributed by atoms with Crippen LogP contribution in [0.2, 0.25) is 0 Å². The molecular weight excluding hydrogens is 281 g/mol. The average molecular weight is 294 g/mol. The average Bonchev–Trinajstić information content (AvgIpc) is 2.46. The predicted octanol–water partition coefficient (Wildman–Crippen LogP) is 3.24. The first-order valence-electron chi connectivity index (χ1n) is 6.23. The van der Waals surface area contributed by atoms with Crippen LogP contribution in [0.1, 0.15) is 11.1 Å². The summed E-state index contributed by atoms with van der Waals surface area (Å²) in [7, 11) is 0. The first-order chi connectivity index (χ1) is 9.88. The van der Waals surface area contributed by atoms with Crippen molar-refractivity contribution < 1.29 is 18.0 Å². The smallest absolute Gasteiger partial charge is 0.344 e. The molecule has 0 aliphatic rings. The summed E-state index contributed by atoms with van der Waals surface area (Å²) in [5.41, 5.74) is 3.42. The Kier molecular flexibility index (Phi) is 4.26. The van der Waals surface area contributed by atoms with E-state index in [0.717, 1.165) is 16.7 Å². The Balaban J connectivity index is 2.18. The van der Waals surface area contributed by atoms with E-state index >= 15 is 0 Å². The maximum atomic E-state index is 12.1. The highest BCUT2D eigenvalue weighted by Gasteiger charge is 2.38. The Labute approximate surface area is 119 Å². The van der Waals surface area contributed by atoms with Crippen molar-refractivity contribution in [2.45, 2.75) is 19.6 Å². The molecule has 0 spiro atoms. The Morgan fingerprint density at radius 1 is 1.19 bits per heavy atom. The molecule has 21 heavy (non-hydrogen) atoms. The number of hydrogen-bond acceptors (Lipinski definition) is 2. The largest absolute Gasteiger partial charge is 0.471 e. The number of carbonyl (C=O) groups excluding carboxylic acids is 1. The third kappa shape index (κ3) is 3.81. The SMILES string of the molecule is Cc1ccc(CNC(=O)C(F)(F)F)cc1-c1ccncc1. The van der Waals surface area contributed by atoms with Gasteiger partial charge in [0.25, 0.3) is 0 Å². The number of carbonyl (C=O) groups is 1. The van der Waals surface area contributed by atoms with Crippen molar-refractivity contribution in [1.82, 2.24) is 10.3 Å². The summed E-state index contributed by atoms with van der Waals surface area (Å²) in [6.45, 7) is 1.74. The number of alkyl halides is 3.